The van der Waals surface area contributed by atoms with Gasteiger partial charge in [0.1, 0.15) is 0 Å². The summed E-state index contributed by atoms with van der Waals surface area (Å²) in [4.78, 5) is 11.4. The lowest BCUT2D eigenvalue weighted by Gasteiger charge is -2.09. The van der Waals surface area contributed by atoms with Gasteiger partial charge in [-0.3, -0.25) is 4.79 Å². The number of carbonyl (C=O) groups excluding carboxylic acids is 1. The van der Waals surface area contributed by atoms with Crippen LogP contribution in [0.25, 0.3) is 0 Å². The maximum Gasteiger partial charge on any atom is 0.221 e. The molecule has 0 aliphatic heterocycles. The SMILES string of the molecule is Cc1cc(Br)ccc1CNC(=O)CC(C)N.Cl. The van der Waals surface area contributed by atoms with Crippen molar-refractivity contribution in [2.45, 2.75) is 32.9 Å². The highest BCUT2D eigenvalue weighted by Crippen LogP contribution is 2.15. The highest BCUT2D eigenvalue weighted by atomic mass is 79.9. The summed E-state index contributed by atoms with van der Waals surface area (Å²) in [5.41, 5.74) is 7.83. The summed E-state index contributed by atoms with van der Waals surface area (Å²) in [6.07, 6.45) is 0.371. The molecule has 0 heterocycles. The average molecular weight is 322 g/mol. The van der Waals surface area contributed by atoms with Crippen LogP contribution in [0, 0.1) is 6.92 Å². The molecule has 0 saturated carbocycles. The molecule has 3 nitrogen and oxygen atoms in total. The van der Waals surface area contributed by atoms with Gasteiger partial charge in [-0.05, 0) is 37.1 Å². The van der Waals surface area contributed by atoms with Gasteiger partial charge in [0, 0.05) is 23.5 Å². The van der Waals surface area contributed by atoms with Gasteiger partial charge in [-0.15, -0.1) is 12.4 Å². The molecular formula is C12H18BrClN2O. The second-order valence-corrected chi connectivity index (χ2v) is 4.94. The van der Waals surface area contributed by atoms with E-state index < -0.39 is 0 Å². The molecule has 5 heteroatoms. The van der Waals surface area contributed by atoms with Crippen molar-refractivity contribution in [3.8, 4) is 0 Å². The van der Waals surface area contributed by atoms with Crippen LogP contribution in [0.2, 0.25) is 0 Å². The highest BCUT2D eigenvalue weighted by molar-refractivity contribution is 9.10. The van der Waals surface area contributed by atoms with Crippen LogP contribution in [0.1, 0.15) is 24.5 Å². The fraction of sp³-hybridized carbons (Fsp3) is 0.417. The van der Waals surface area contributed by atoms with Crippen molar-refractivity contribution >= 4 is 34.2 Å². The molecule has 0 saturated heterocycles. The first-order valence-electron chi connectivity index (χ1n) is 5.26. The Hall–Kier alpha value is -0.580. The molecule has 0 fully saturated rings. The maximum absolute atomic E-state index is 11.4. The first-order chi connectivity index (χ1) is 7.49. The normalized spacial score (nSPS) is 11.5. The molecule has 1 aromatic carbocycles. The number of rotatable bonds is 4. The van der Waals surface area contributed by atoms with Crippen LogP contribution in [0.15, 0.2) is 22.7 Å². The summed E-state index contributed by atoms with van der Waals surface area (Å²) in [7, 11) is 0. The van der Waals surface area contributed by atoms with E-state index in [2.05, 4.69) is 21.2 Å². The number of benzene rings is 1. The van der Waals surface area contributed by atoms with Crippen molar-refractivity contribution in [3.05, 3.63) is 33.8 Å². The van der Waals surface area contributed by atoms with Gasteiger partial charge in [0.2, 0.25) is 5.91 Å². The zero-order valence-electron chi connectivity index (χ0n) is 10.00. The summed E-state index contributed by atoms with van der Waals surface area (Å²) < 4.78 is 1.05. The minimum atomic E-state index is -0.0917. The van der Waals surface area contributed by atoms with Crippen LogP contribution in [-0.4, -0.2) is 11.9 Å². The van der Waals surface area contributed by atoms with Crippen molar-refractivity contribution in [2.24, 2.45) is 5.73 Å². The van der Waals surface area contributed by atoms with Gasteiger partial charge >= 0.3 is 0 Å². The smallest absolute Gasteiger partial charge is 0.221 e. The van der Waals surface area contributed by atoms with Gasteiger partial charge in [0.15, 0.2) is 0 Å². The predicted molar refractivity (Wildman–Crippen MR) is 76.2 cm³/mol. The molecule has 0 bridgehead atoms. The molecule has 0 spiro atoms. The topological polar surface area (TPSA) is 55.1 Å². The molecule has 0 aromatic heterocycles. The number of nitrogens with one attached hydrogen (secondary N) is 1. The van der Waals surface area contributed by atoms with E-state index in [1.54, 1.807) is 0 Å². The Morgan fingerprint density at radius 2 is 2.18 bits per heavy atom. The molecule has 17 heavy (non-hydrogen) atoms. The molecule has 1 amide bonds. The Morgan fingerprint density at radius 1 is 1.53 bits per heavy atom. The Labute approximate surface area is 117 Å². The molecule has 96 valence electrons. The number of halogens is 2. The quantitative estimate of drug-likeness (QED) is 0.895. The zero-order valence-corrected chi connectivity index (χ0v) is 12.4. The third-order valence-corrected chi connectivity index (χ3v) is 2.78. The molecule has 1 aromatic rings. The van der Waals surface area contributed by atoms with Gasteiger partial charge in [-0.1, -0.05) is 22.0 Å². The lowest BCUT2D eigenvalue weighted by molar-refractivity contribution is -0.121. The van der Waals surface area contributed by atoms with E-state index in [9.17, 15) is 4.79 Å². The number of hydrogen-bond donors (Lipinski definition) is 2. The van der Waals surface area contributed by atoms with Crippen LogP contribution in [0.4, 0.5) is 0 Å². The first kappa shape index (κ1) is 16.4. The molecule has 3 N–H and O–H groups in total. The Bertz CT molecular complexity index is 383. The number of carbonyl (C=O) groups is 1. The molecule has 1 atom stereocenters. The zero-order chi connectivity index (χ0) is 12.1. The average Bonchev–Trinajstić information content (AvgIpc) is 2.15. The van der Waals surface area contributed by atoms with E-state index in [1.807, 2.05) is 32.0 Å². The second-order valence-electron chi connectivity index (χ2n) is 4.03. The number of hydrogen-bond acceptors (Lipinski definition) is 2. The molecule has 0 aliphatic carbocycles. The van der Waals surface area contributed by atoms with Crippen LogP contribution >= 0.6 is 28.3 Å². The molecule has 1 rings (SSSR count). The van der Waals surface area contributed by atoms with Crippen molar-refractivity contribution in [2.75, 3.05) is 0 Å². The Balaban J connectivity index is 0.00000256. The first-order valence-corrected chi connectivity index (χ1v) is 6.05. The maximum atomic E-state index is 11.4. The summed E-state index contributed by atoms with van der Waals surface area (Å²) >= 11 is 3.41. The Kier molecular flexibility index (Phi) is 7.43. The third-order valence-electron chi connectivity index (χ3n) is 2.29. The molecular weight excluding hydrogens is 304 g/mol. The molecule has 1 unspecified atom stereocenters. The standard InChI is InChI=1S/C12H17BrN2O.ClH/c1-8-5-11(13)4-3-10(8)7-15-12(16)6-9(2)14;/h3-5,9H,6-7,14H2,1-2H3,(H,15,16);1H. The van der Waals surface area contributed by atoms with Crippen molar-refractivity contribution < 1.29 is 4.79 Å². The molecule has 0 aliphatic rings. The molecule has 0 radical (unpaired) electrons. The van der Waals surface area contributed by atoms with Gasteiger partial charge in [-0.2, -0.15) is 0 Å². The van der Waals surface area contributed by atoms with Crippen LogP contribution in [0.3, 0.4) is 0 Å². The van der Waals surface area contributed by atoms with Crippen molar-refractivity contribution in [1.82, 2.24) is 5.32 Å². The fourth-order valence-electron chi connectivity index (χ4n) is 1.42. The summed E-state index contributed by atoms with van der Waals surface area (Å²) in [5, 5.41) is 2.86. The van der Waals surface area contributed by atoms with E-state index in [0.717, 1.165) is 15.6 Å². The Morgan fingerprint density at radius 3 is 2.71 bits per heavy atom. The number of amides is 1. The monoisotopic (exact) mass is 320 g/mol. The second kappa shape index (κ2) is 7.69. The van der Waals surface area contributed by atoms with Gasteiger partial charge in [-0.25, -0.2) is 0 Å². The van der Waals surface area contributed by atoms with Gasteiger partial charge in [0.25, 0.3) is 0 Å². The van der Waals surface area contributed by atoms with Gasteiger partial charge < -0.3 is 11.1 Å². The lowest BCUT2D eigenvalue weighted by atomic mass is 10.1. The van der Waals surface area contributed by atoms with E-state index >= 15 is 0 Å². The van der Waals surface area contributed by atoms with E-state index in [-0.39, 0.29) is 24.4 Å². The van der Waals surface area contributed by atoms with Crippen LogP contribution in [0.5, 0.6) is 0 Å². The summed E-state index contributed by atoms with van der Waals surface area (Å²) in [5.74, 6) is -0.00248. The predicted octanol–water partition coefficient (Wildman–Crippen LogP) is 2.53. The minimum absolute atomic E-state index is 0. The largest absolute Gasteiger partial charge is 0.352 e. The van der Waals surface area contributed by atoms with Crippen LogP contribution < -0.4 is 11.1 Å². The van der Waals surface area contributed by atoms with Crippen LogP contribution in [-0.2, 0) is 11.3 Å². The van der Waals surface area contributed by atoms with Crippen molar-refractivity contribution in [1.29, 1.82) is 0 Å². The minimum Gasteiger partial charge on any atom is -0.352 e. The van der Waals surface area contributed by atoms with Gasteiger partial charge in [0.05, 0.1) is 0 Å². The fourth-order valence-corrected chi connectivity index (χ4v) is 1.89. The number of nitrogens with two attached hydrogens (primary N) is 1. The highest BCUT2D eigenvalue weighted by Gasteiger charge is 2.05. The van der Waals surface area contributed by atoms with E-state index in [4.69, 9.17) is 5.73 Å². The van der Waals surface area contributed by atoms with E-state index in [0.29, 0.717) is 13.0 Å². The van der Waals surface area contributed by atoms with Crippen molar-refractivity contribution in [3.63, 3.8) is 0 Å². The summed E-state index contributed by atoms with van der Waals surface area (Å²) in [6.45, 7) is 4.41. The summed E-state index contributed by atoms with van der Waals surface area (Å²) in [6, 6.07) is 5.92. The van der Waals surface area contributed by atoms with E-state index in [1.165, 1.54) is 0 Å². The third kappa shape index (κ3) is 6.05. The lowest BCUT2D eigenvalue weighted by Crippen LogP contribution is -2.29. The number of aryl methyl sites for hydroxylation is 1.